The van der Waals surface area contributed by atoms with Gasteiger partial charge in [-0.05, 0) is 29.8 Å². The molecule has 2 rings (SSSR count). The average molecular weight is 213 g/mol. The first kappa shape index (κ1) is 8.53. The molecule has 0 aliphatic rings. The van der Waals surface area contributed by atoms with E-state index in [0.29, 0.717) is 10.9 Å². The number of carbonyl (C=O) groups is 1. The normalized spacial score (nSPS) is 10.5. The third-order valence-corrected chi connectivity index (χ3v) is 2.94. The van der Waals surface area contributed by atoms with Gasteiger partial charge in [0.15, 0.2) is 0 Å². The minimum Gasteiger partial charge on any atom is -0.508 e. The maximum atomic E-state index is 10.9. The van der Waals surface area contributed by atoms with Gasteiger partial charge in [0.25, 0.3) is 5.24 Å². The quantitative estimate of drug-likeness (QED) is 0.738. The monoisotopic (exact) mass is 212 g/mol. The van der Waals surface area contributed by atoms with Crippen LogP contribution in [-0.2, 0) is 0 Å². The Balaban J connectivity index is 2.79. The standard InChI is InChI=1S/C9H5ClO2S/c10-9(12)7-4-13-8-2-1-5(11)3-6(7)8/h1-4,11H. The third kappa shape index (κ3) is 1.41. The highest BCUT2D eigenvalue weighted by atomic mass is 35.5. The van der Waals surface area contributed by atoms with Crippen LogP contribution in [0, 0.1) is 0 Å². The van der Waals surface area contributed by atoms with Crippen LogP contribution in [0.15, 0.2) is 23.6 Å². The number of benzene rings is 1. The summed E-state index contributed by atoms with van der Waals surface area (Å²) in [5, 5.41) is 11.1. The zero-order valence-electron chi connectivity index (χ0n) is 6.45. The molecule has 0 bridgehead atoms. The van der Waals surface area contributed by atoms with Crippen LogP contribution in [0.2, 0.25) is 0 Å². The Bertz CT molecular complexity index is 475. The maximum absolute atomic E-state index is 10.9. The van der Waals surface area contributed by atoms with Gasteiger partial charge in [0.05, 0.1) is 5.56 Å². The molecular formula is C9H5ClO2S. The fourth-order valence-electron chi connectivity index (χ4n) is 1.17. The van der Waals surface area contributed by atoms with Gasteiger partial charge in [0.1, 0.15) is 5.75 Å². The Hall–Kier alpha value is -1.06. The Labute approximate surface area is 83.4 Å². The molecule has 66 valence electrons. The minimum absolute atomic E-state index is 0.144. The van der Waals surface area contributed by atoms with Gasteiger partial charge in [-0.15, -0.1) is 11.3 Å². The molecule has 0 atom stereocenters. The summed E-state index contributed by atoms with van der Waals surface area (Å²) in [6.07, 6.45) is 0. The molecule has 1 aromatic carbocycles. The highest BCUT2D eigenvalue weighted by Gasteiger charge is 2.09. The molecule has 1 aromatic heterocycles. The Morgan fingerprint density at radius 2 is 2.23 bits per heavy atom. The highest BCUT2D eigenvalue weighted by Crippen LogP contribution is 2.29. The minimum atomic E-state index is -0.489. The Morgan fingerprint density at radius 1 is 1.46 bits per heavy atom. The molecular weight excluding hydrogens is 208 g/mol. The molecule has 0 amide bonds. The SMILES string of the molecule is O=C(Cl)c1csc2ccc(O)cc12. The summed E-state index contributed by atoms with van der Waals surface area (Å²) in [6, 6.07) is 4.89. The van der Waals surface area contributed by atoms with Gasteiger partial charge in [-0.3, -0.25) is 4.79 Å². The molecule has 0 aliphatic heterocycles. The van der Waals surface area contributed by atoms with Crippen LogP contribution in [0.5, 0.6) is 5.75 Å². The molecule has 0 radical (unpaired) electrons. The van der Waals surface area contributed by atoms with E-state index in [1.807, 2.05) is 0 Å². The number of fused-ring (bicyclic) bond motifs is 1. The van der Waals surface area contributed by atoms with Crippen molar-refractivity contribution >= 4 is 38.3 Å². The second kappa shape index (κ2) is 3.01. The van der Waals surface area contributed by atoms with Crippen molar-refractivity contribution < 1.29 is 9.90 Å². The molecule has 0 unspecified atom stereocenters. The Kier molecular flexibility index (Phi) is 1.98. The lowest BCUT2D eigenvalue weighted by atomic mass is 10.2. The van der Waals surface area contributed by atoms with Gasteiger partial charge >= 0.3 is 0 Å². The van der Waals surface area contributed by atoms with Crippen LogP contribution in [0.1, 0.15) is 10.4 Å². The summed E-state index contributed by atoms with van der Waals surface area (Å²) < 4.78 is 0.946. The van der Waals surface area contributed by atoms with Crippen molar-refractivity contribution in [3.8, 4) is 5.75 Å². The van der Waals surface area contributed by atoms with Crippen molar-refractivity contribution in [1.82, 2.24) is 0 Å². The molecule has 2 nitrogen and oxygen atoms in total. The zero-order valence-corrected chi connectivity index (χ0v) is 8.02. The number of halogens is 1. The smallest absolute Gasteiger partial charge is 0.253 e. The number of phenolic OH excluding ortho intramolecular Hbond substituents is 1. The summed E-state index contributed by atoms with van der Waals surface area (Å²) >= 11 is 6.80. The summed E-state index contributed by atoms with van der Waals surface area (Å²) in [7, 11) is 0. The van der Waals surface area contributed by atoms with E-state index in [2.05, 4.69) is 0 Å². The predicted octanol–water partition coefficient (Wildman–Crippen LogP) is 2.99. The molecule has 0 saturated carbocycles. The number of carbonyl (C=O) groups excluding carboxylic acids is 1. The lowest BCUT2D eigenvalue weighted by Crippen LogP contribution is -1.84. The molecule has 1 heterocycles. The van der Waals surface area contributed by atoms with Crippen LogP contribution < -0.4 is 0 Å². The first-order valence-corrected chi connectivity index (χ1v) is 4.84. The highest BCUT2D eigenvalue weighted by molar-refractivity contribution is 7.17. The van der Waals surface area contributed by atoms with E-state index in [1.165, 1.54) is 11.3 Å². The van der Waals surface area contributed by atoms with Gasteiger partial charge in [-0.2, -0.15) is 0 Å². The van der Waals surface area contributed by atoms with Gasteiger partial charge in [-0.25, -0.2) is 0 Å². The van der Waals surface area contributed by atoms with E-state index in [1.54, 1.807) is 23.6 Å². The van der Waals surface area contributed by atoms with Crippen molar-refractivity contribution in [3.05, 3.63) is 29.1 Å². The van der Waals surface area contributed by atoms with E-state index in [4.69, 9.17) is 11.6 Å². The largest absolute Gasteiger partial charge is 0.508 e. The molecule has 1 N–H and O–H groups in total. The maximum Gasteiger partial charge on any atom is 0.253 e. The third-order valence-electron chi connectivity index (χ3n) is 1.77. The van der Waals surface area contributed by atoms with Gasteiger partial charge < -0.3 is 5.11 Å². The lowest BCUT2D eigenvalue weighted by molar-refractivity contribution is 0.108. The number of rotatable bonds is 1. The first-order chi connectivity index (χ1) is 6.18. The van der Waals surface area contributed by atoms with Crippen LogP contribution in [-0.4, -0.2) is 10.3 Å². The fourth-order valence-corrected chi connectivity index (χ4v) is 2.31. The zero-order chi connectivity index (χ0) is 9.42. The topological polar surface area (TPSA) is 37.3 Å². The summed E-state index contributed by atoms with van der Waals surface area (Å²) in [6.45, 7) is 0. The van der Waals surface area contributed by atoms with E-state index in [0.717, 1.165) is 4.70 Å². The number of phenols is 1. The van der Waals surface area contributed by atoms with Crippen LogP contribution in [0.25, 0.3) is 10.1 Å². The van der Waals surface area contributed by atoms with E-state index in [9.17, 15) is 9.90 Å². The van der Waals surface area contributed by atoms with Crippen LogP contribution in [0.4, 0.5) is 0 Å². The molecule has 0 spiro atoms. The summed E-state index contributed by atoms with van der Waals surface area (Å²) in [5.74, 6) is 0.144. The van der Waals surface area contributed by atoms with E-state index >= 15 is 0 Å². The van der Waals surface area contributed by atoms with Crippen molar-refractivity contribution in [2.24, 2.45) is 0 Å². The second-order valence-electron chi connectivity index (χ2n) is 2.60. The molecule has 13 heavy (non-hydrogen) atoms. The van der Waals surface area contributed by atoms with E-state index < -0.39 is 5.24 Å². The van der Waals surface area contributed by atoms with Crippen molar-refractivity contribution in [2.45, 2.75) is 0 Å². The number of hydrogen-bond acceptors (Lipinski definition) is 3. The predicted molar refractivity (Wildman–Crippen MR) is 53.7 cm³/mol. The van der Waals surface area contributed by atoms with Crippen molar-refractivity contribution in [2.75, 3.05) is 0 Å². The van der Waals surface area contributed by atoms with Gasteiger partial charge in [0, 0.05) is 15.5 Å². The summed E-state index contributed by atoms with van der Waals surface area (Å²) in [4.78, 5) is 10.9. The molecule has 0 saturated heterocycles. The Morgan fingerprint density at radius 3 is 2.92 bits per heavy atom. The van der Waals surface area contributed by atoms with Gasteiger partial charge in [0.2, 0.25) is 0 Å². The van der Waals surface area contributed by atoms with E-state index in [-0.39, 0.29) is 5.75 Å². The second-order valence-corrected chi connectivity index (χ2v) is 3.86. The molecule has 2 aromatic rings. The number of hydrogen-bond donors (Lipinski definition) is 1. The lowest BCUT2D eigenvalue weighted by Gasteiger charge is -1.93. The van der Waals surface area contributed by atoms with Gasteiger partial charge in [-0.1, -0.05) is 0 Å². The van der Waals surface area contributed by atoms with Crippen molar-refractivity contribution in [3.63, 3.8) is 0 Å². The summed E-state index contributed by atoms with van der Waals surface area (Å²) in [5.41, 5.74) is 0.456. The first-order valence-electron chi connectivity index (χ1n) is 3.58. The molecule has 0 fully saturated rings. The number of aromatic hydroxyl groups is 1. The fraction of sp³-hybridized carbons (Fsp3) is 0. The molecule has 4 heteroatoms. The molecule has 0 aliphatic carbocycles. The van der Waals surface area contributed by atoms with Crippen LogP contribution in [0.3, 0.4) is 0 Å². The van der Waals surface area contributed by atoms with Crippen LogP contribution >= 0.6 is 22.9 Å². The average Bonchev–Trinajstić information content (AvgIpc) is 2.46. The number of thiophene rings is 1. The van der Waals surface area contributed by atoms with Crippen molar-refractivity contribution in [1.29, 1.82) is 0 Å².